The van der Waals surface area contributed by atoms with Crippen molar-refractivity contribution in [3.8, 4) is 16.3 Å². The van der Waals surface area contributed by atoms with E-state index >= 15 is 0 Å². The third-order valence-corrected chi connectivity index (χ3v) is 7.02. The van der Waals surface area contributed by atoms with Gasteiger partial charge in [-0.3, -0.25) is 4.90 Å². The number of ether oxygens (including phenoxy) is 1. The molecule has 0 spiro atoms. The fourth-order valence-electron chi connectivity index (χ4n) is 4.20. The molecule has 9 heteroatoms. The van der Waals surface area contributed by atoms with Gasteiger partial charge in [0.25, 0.3) is 0 Å². The largest absolute Gasteiger partial charge is 0.476 e. The highest BCUT2D eigenvalue weighted by molar-refractivity contribution is 7.15. The van der Waals surface area contributed by atoms with Crippen molar-refractivity contribution >= 4 is 11.3 Å². The molecular formula is C24H25F4N3OS. The van der Waals surface area contributed by atoms with Gasteiger partial charge in [0.2, 0.25) is 5.88 Å². The van der Waals surface area contributed by atoms with Crippen LogP contribution in [0.25, 0.3) is 10.4 Å². The van der Waals surface area contributed by atoms with Crippen LogP contribution >= 0.6 is 11.3 Å². The van der Waals surface area contributed by atoms with Gasteiger partial charge < -0.3 is 4.74 Å². The Bertz CT molecular complexity index is 1070. The molecule has 1 aliphatic rings. The number of hydrogen-bond donors (Lipinski definition) is 0. The second-order valence-corrected chi connectivity index (χ2v) is 9.57. The molecule has 0 saturated carbocycles. The number of piperidine rings is 1. The minimum absolute atomic E-state index is 0.0749. The minimum Gasteiger partial charge on any atom is -0.476 e. The van der Waals surface area contributed by atoms with Crippen LogP contribution in [-0.4, -0.2) is 34.1 Å². The molecule has 0 amide bonds. The average molecular weight is 480 g/mol. The number of likely N-dealkylation sites (tertiary alicyclic amines) is 1. The molecule has 3 aromatic rings. The SMILES string of the molecule is Cc1nc(CN2CCC[C@@H](C)[C@H]2COc2ccc(C(F)(F)F)cn2)c(-c2ccc(F)cc2)s1. The number of nitrogens with zero attached hydrogens (tertiary/aromatic N) is 3. The van der Waals surface area contributed by atoms with Gasteiger partial charge in [0.05, 0.1) is 21.1 Å². The molecule has 33 heavy (non-hydrogen) atoms. The highest BCUT2D eigenvalue weighted by atomic mass is 32.1. The maximum absolute atomic E-state index is 13.4. The first-order chi connectivity index (χ1) is 15.7. The summed E-state index contributed by atoms with van der Waals surface area (Å²) >= 11 is 1.58. The molecule has 2 atom stereocenters. The molecule has 3 heterocycles. The van der Waals surface area contributed by atoms with Crippen LogP contribution in [0.2, 0.25) is 0 Å². The van der Waals surface area contributed by atoms with Gasteiger partial charge in [-0.25, -0.2) is 14.4 Å². The van der Waals surface area contributed by atoms with E-state index in [4.69, 9.17) is 9.72 Å². The van der Waals surface area contributed by atoms with E-state index in [1.165, 1.54) is 18.2 Å². The topological polar surface area (TPSA) is 38.2 Å². The Morgan fingerprint density at radius 3 is 2.58 bits per heavy atom. The summed E-state index contributed by atoms with van der Waals surface area (Å²) in [4.78, 5) is 11.9. The van der Waals surface area contributed by atoms with Gasteiger partial charge >= 0.3 is 6.18 Å². The molecule has 0 aliphatic carbocycles. The molecule has 1 aromatic carbocycles. The van der Waals surface area contributed by atoms with Crippen molar-refractivity contribution in [2.24, 2.45) is 5.92 Å². The zero-order valence-corrected chi connectivity index (χ0v) is 19.2. The Morgan fingerprint density at radius 2 is 1.91 bits per heavy atom. The predicted molar refractivity (Wildman–Crippen MR) is 120 cm³/mol. The van der Waals surface area contributed by atoms with E-state index in [2.05, 4.69) is 16.8 Å². The lowest BCUT2D eigenvalue weighted by Gasteiger charge is -2.39. The lowest BCUT2D eigenvalue weighted by atomic mass is 9.91. The molecule has 2 aromatic heterocycles. The molecule has 176 valence electrons. The summed E-state index contributed by atoms with van der Waals surface area (Å²) in [5.74, 6) is 0.250. The molecule has 4 rings (SSSR count). The van der Waals surface area contributed by atoms with Crippen LogP contribution in [0.3, 0.4) is 0 Å². The molecule has 1 saturated heterocycles. The Labute approximate surface area is 194 Å². The van der Waals surface area contributed by atoms with Crippen molar-refractivity contribution in [1.82, 2.24) is 14.9 Å². The second-order valence-electron chi connectivity index (χ2n) is 8.37. The number of aryl methyl sites for hydroxylation is 1. The highest BCUT2D eigenvalue weighted by Crippen LogP contribution is 2.34. The molecule has 0 bridgehead atoms. The third kappa shape index (κ3) is 5.70. The van der Waals surface area contributed by atoms with Gasteiger partial charge in [0.15, 0.2) is 0 Å². The molecule has 1 aliphatic heterocycles. The van der Waals surface area contributed by atoms with Crippen molar-refractivity contribution in [2.75, 3.05) is 13.2 Å². The summed E-state index contributed by atoms with van der Waals surface area (Å²) in [6.45, 7) is 5.94. The van der Waals surface area contributed by atoms with Gasteiger partial charge in [-0.2, -0.15) is 13.2 Å². The van der Waals surface area contributed by atoms with Crippen LogP contribution in [0, 0.1) is 18.7 Å². The summed E-state index contributed by atoms with van der Waals surface area (Å²) in [5.41, 5.74) is 1.08. The van der Waals surface area contributed by atoms with Gasteiger partial charge in [-0.15, -0.1) is 11.3 Å². The minimum atomic E-state index is -4.42. The van der Waals surface area contributed by atoms with Crippen LogP contribution < -0.4 is 4.74 Å². The Kier molecular flexibility index (Phi) is 6.99. The maximum Gasteiger partial charge on any atom is 0.417 e. The number of hydrogen-bond acceptors (Lipinski definition) is 5. The van der Waals surface area contributed by atoms with Crippen LogP contribution in [0.5, 0.6) is 5.88 Å². The van der Waals surface area contributed by atoms with Crippen LogP contribution in [-0.2, 0) is 12.7 Å². The fraction of sp³-hybridized carbons (Fsp3) is 0.417. The summed E-state index contributed by atoms with van der Waals surface area (Å²) in [6.07, 6.45) is -1.53. The van der Waals surface area contributed by atoms with E-state index in [9.17, 15) is 17.6 Å². The number of benzene rings is 1. The molecule has 0 N–H and O–H groups in total. The zero-order chi connectivity index (χ0) is 23.6. The molecule has 0 unspecified atom stereocenters. The first-order valence-corrected chi connectivity index (χ1v) is 11.6. The average Bonchev–Trinajstić information content (AvgIpc) is 3.13. The van der Waals surface area contributed by atoms with Crippen LogP contribution in [0.4, 0.5) is 17.6 Å². The van der Waals surface area contributed by atoms with Gasteiger partial charge in [-0.1, -0.05) is 19.1 Å². The van der Waals surface area contributed by atoms with E-state index in [1.807, 2.05) is 6.92 Å². The predicted octanol–water partition coefficient (Wildman–Crippen LogP) is 6.35. The van der Waals surface area contributed by atoms with Gasteiger partial charge in [0, 0.05) is 24.8 Å². The summed E-state index contributed by atoms with van der Waals surface area (Å²) < 4.78 is 57.5. The lowest BCUT2D eigenvalue weighted by Crippen LogP contribution is -2.47. The van der Waals surface area contributed by atoms with Gasteiger partial charge in [0.1, 0.15) is 12.4 Å². The fourth-order valence-corrected chi connectivity index (χ4v) is 5.13. The monoisotopic (exact) mass is 479 g/mol. The number of rotatable bonds is 6. The number of aromatic nitrogens is 2. The van der Waals surface area contributed by atoms with E-state index in [0.717, 1.165) is 52.8 Å². The first-order valence-electron chi connectivity index (χ1n) is 10.8. The van der Waals surface area contributed by atoms with Crippen molar-refractivity contribution in [2.45, 2.75) is 45.5 Å². The normalized spacial score (nSPS) is 19.6. The Morgan fingerprint density at radius 1 is 1.15 bits per heavy atom. The van der Waals surface area contributed by atoms with Crippen molar-refractivity contribution in [1.29, 1.82) is 0 Å². The molecule has 4 nitrogen and oxygen atoms in total. The zero-order valence-electron chi connectivity index (χ0n) is 18.4. The molecular weight excluding hydrogens is 454 g/mol. The molecule has 1 fully saturated rings. The van der Waals surface area contributed by atoms with E-state index in [0.29, 0.717) is 19.1 Å². The number of thiazole rings is 1. The summed E-state index contributed by atoms with van der Waals surface area (Å²) in [7, 11) is 0. The van der Waals surface area contributed by atoms with Crippen LogP contribution in [0.1, 0.15) is 36.0 Å². The standard InChI is InChI=1S/C24H25F4N3OS/c1-15-4-3-11-31(21(15)14-32-22-10-7-18(12-29-22)24(26,27)28)13-20-23(33-16(2)30-20)17-5-8-19(25)9-6-17/h5-10,12,15,21H,3-4,11,13-14H2,1-2H3/t15-,21-/m1/s1. The van der Waals surface area contributed by atoms with Crippen molar-refractivity contribution < 1.29 is 22.3 Å². The maximum atomic E-state index is 13.4. The smallest absolute Gasteiger partial charge is 0.417 e. The second kappa shape index (κ2) is 9.77. The van der Waals surface area contributed by atoms with E-state index in [-0.39, 0.29) is 17.7 Å². The highest BCUT2D eigenvalue weighted by Gasteiger charge is 2.32. The lowest BCUT2D eigenvalue weighted by molar-refractivity contribution is -0.137. The van der Waals surface area contributed by atoms with Crippen molar-refractivity contribution in [3.05, 3.63) is 64.7 Å². The number of pyridine rings is 1. The molecule has 0 radical (unpaired) electrons. The van der Waals surface area contributed by atoms with Crippen molar-refractivity contribution in [3.63, 3.8) is 0 Å². The Hall–Kier alpha value is -2.52. The number of alkyl halides is 3. The summed E-state index contributed by atoms with van der Waals surface area (Å²) in [6, 6.07) is 8.75. The van der Waals surface area contributed by atoms with E-state index in [1.54, 1.807) is 23.5 Å². The number of halogens is 4. The van der Waals surface area contributed by atoms with Gasteiger partial charge in [-0.05, 0) is 56.0 Å². The quantitative estimate of drug-likeness (QED) is 0.386. The van der Waals surface area contributed by atoms with E-state index < -0.39 is 11.7 Å². The Balaban J connectivity index is 1.49. The van der Waals surface area contributed by atoms with Crippen LogP contribution in [0.15, 0.2) is 42.6 Å². The summed E-state index contributed by atoms with van der Waals surface area (Å²) in [5, 5.41) is 0.941. The third-order valence-electron chi connectivity index (χ3n) is 5.96. The first kappa shape index (κ1) is 23.6.